The lowest BCUT2D eigenvalue weighted by Gasteiger charge is -2.15. The summed E-state index contributed by atoms with van der Waals surface area (Å²) >= 11 is 0. The van der Waals surface area contributed by atoms with Crippen LogP contribution in [0.5, 0.6) is 0 Å². The van der Waals surface area contributed by atoms with Crippen LogP contribution in [0.25, 0.3) is 10.9 Å². The van der Waals surface area contributed by atoms with Gasteiger partial charge in [0.25, 0.3) is 0 Å². The number of aromatic nitrogens is 1. The predicted octanol–water partition coefficient (Wildman–Crippen LogP) is 4.35. The Bertz CT molecular complexity index is 864. The smallest absolute Gasteiger partial charge is 0.179 e. The number of hydrogen-bond donors (Lipinski definition) is 0. The van der Waals surface area contributed by atoms with Crippen LogP contribution < -0.4 is 0 Å². The van der Waals surface area contributed by atoms with Crippen LogP contribution in [0.15, 0.2) is 48.5 Å². The van der Waals surface area contributed by atoms with Crippen molar-refractivity contribution in [1.82, 2.24) is 4.57 Å². The van der Waals surface area contributed by atoms with Crippen molar-refractivity contribution in [2.75, 3.05) is 0 Å². The molecule has 0 unspecified atom stereocenters. The van der Waals surface area contributed by atoms with E-state index in [4.69, 9.17) is 0 Å². The van der Waals surface area contributed by atoms with Crippen LogP contribution in [-0.2, 0) is 13.0 Å². The molecular weight excluding hydrogens is 277 g/mol. The number of rotatable bonds is 2. The van der Waals surface area contributed by atoms with Crippen LogP contribution in [0.3, 0.4) is 0 Å². The molecule has 0 radical (unpaired) electrons. The normalized spacial score (nSPS) is 14.3. The molecule has 0 fully saturated rings. The number of fused-ring (bicyclic) bond motifs is 3. The van der Waals surface area contributed by atoms with E-state index in [1.807, 2.05) is 18.2 Å². The quantitative estimate of drug-likeness (QED) is 0.688. The molecule has 0 atom stereocenters. The van der Waals surface area contributed by atoms with E-state index in [-0.39, 0.29) is 11.6 Å². The van der Waals surface area contributed by atoms with Crippen molar-refractivity contribution in [2.45, 2.75) is 25.8 Å². The molecule has 3 heteroatoms. The fourth-order valence-electron chi connectivity index (χ4n) is 3.44. The second kappa shape index (κ2) is 5.09. The Hall–Kier alpha value is -2.42. The van der Waals surface area contributed by atoms with Gasteiger partial charge in [0.05, 0.1) is 5.69 Å². The lowest BCUT2D eigenvalue weighted by atomic mass is 9.94. The van der Waals surface area contributed by atoms with Gasteiger partial charge in [-0.2, -0.15) is 0 Å². The number of carbonyl (C=O) groups excluding carboxylic acids is 1. The molecule has 0 N–H and O–H groups in total. The van der Waals surface area contributed by atoms with Crippen LogP contribution in [0.1, 0.15) is 34.5 Å². The van der Waals surface area contributed by atoms with Crippen LogP contribution >= 0.6 is 0 Å². The van der Waals surface area contributed by atoms with Gasteiger partial charge in [-0.05, 0) is 42.2 Å². The van der Waals surface area contributed by atoms with Crippen molar-refractivity contribution in [3.8, 4) is 0 Å². The van der Waals surface area contributed by atoms with Gasteiger partial charge in [-0.15, -0.1) is 0 Å². The Morgan fingerprint density at radius 3 is 2.68 bits per heavy atom. The number of nitrogens with zero attached hydrogens (tertiary/aromatic N) is 1. The minimum atomic E-state index is -0.245. The molecule has 2 nitrogen and oxygen atoms in total. The van der Waals surface area contributed by atoms with E-state index in [0.717, 1.165) is 40.6 Å². The maximum atomic E-state index is 13.6. The Morgan fingerprint density at radius 1 is 1.05 bits per heavy atom. The molecule has 0 bridgehead atoms. The highest BCUT2D eigenvalue weighted by Gasteiger charge is 2.26. The van der Waals surface area contributed by atoms with Crippen molar-refractivity contribution in [3.63, 3.8) is 0 Å². The number of benzene rings is 2. The van der Waals surface area contributed by atoms with Crippen LogP contribution in [0.2, 0.25) is 0 Å². The Kier molecular flexibility index (Phi) is 3.07. The molecule has 22 heavy (non-hydrogen) atoms. The Labute approximate surface area is 128 Å². The molecule has 1 aromatic heterocycles. The van der Waals surface area contributed by atoms with Crippen molar-refractivity contribution in [1.29, 1.82) is 0 Å². The van der Waals surface area contributed by atoms with E-state index in [1.165, 1.54) is 6.07 Å². The summed E-state index contributed by atoms with van der Waals surface area (Å²) in [6.45, 7) is 0.643. The fraction of sp³-hybridized carbons (Fsp3) is 0.211. The standard InChI is InChI=1S/C19H16FNO/c20-14-9-10-17-16(11-14)15-7-4-8-18(22)19(15)21(17)12-13-5-2-1-3-6-13/h1-3,5-6,9-11H,4,7-8,12H2. The summed E-state index contributed by atoms with van der Waals surface area (Å²) < 4.78 is 15.7. The number of ketones is 1. The van der Waals surface area contributed by atoms with Gasteiger partial charge in [-0.3, -0.25) is 4.79 Å². The highest BCUT2D eigenvalue weighted by Crippen LogP contribution is 2.33. The first-order valence-electron chi connectivity index (χ1n) is 7.62. The number of carbonyl (C=O) groups is 1. The van der Waals surface area contributed by atoms with Gasteiger partial charge in [0.15, 0.2) is 5.78 Å². The molecule has 110 valence electrons. The maximum Gasteiger partial charge on any atom is 0.179 e. The number of hydrogen-bond acceptors (Lipinski definition) is 1. The predicted molar refractivity (Wildman–Crippen MR) is 84.7 cm³/mol. The van der Waals surface area contributed by atoms with Gasteiger partial charge in [0.1, 0.15) is 5.82 Å². The first kappa shape index (κ1) is 13.3. The lowest BCUT2D eigenvalue weighted by molar-refractivity contribution is 0.0964. The molecule has 2 aromatic carbocycles. The van der Waals surface area contributed by atoms with Crippen LogP contribution in [0.4, 0.5) is 4.39 Å². The molecule has 0 spiro atoms. The van der Waals surface area contributed by atoms with Gasteiger partial charge in [0.2, 0.25) is 0 Å². The lowest BCUT2D eigenvalue weighted by Crippen LogP contribution is -2.15. The average Bonchev–Trinajstić information content (AvgIpc) is 2.83. The first-order chi connectivity index (χ1) is 10.7. The first-order valence-corrected chi connectivity index (χ1v) is 7.62. The zero-order valence-corrected chi connectivity index (χ0v) is 12.2. The number of Topliss-reactive ketones (excluding diaryl/α,β-unsaturated/α-hetero) is 1. The summed E-state index contributed by atoms with van der Waals surface area (Å²) in [4.78, 5) is 12.4. The monoisotopic (exact) mass is 293 g/mol. The van der Waals surface area contributed by atoms with Crippen molar-refractivity contribution in [3.05, 3.63) is 71.2 Å². The Morgan fingerprint density at radius 2 is 1.86 bits per heavy atom. The van der Waals surface area contributed by atoms with Crippen LogP contribution in [-0.4, -0.2) is 10.4 Å². The molecular formula is C19H16FNO. The third-order valence-corrected chi connectivity index (χ3v) is 4.41. The fourth-order valence-corrected chi connectivity index (χ4v) is 3.44. The number of halogens is 1. The van der Waals surface area contributed by atoms with E-state index >= 15 is 0 Å². The van der Waals surface area contributed by atoms with Crippen molar-refractivity contribution >= 4 is 16.7 Å². The largest absolute Gasteiger partial charge is 0.333 e. The zero-order chi connectivity index (χ0) is 15.1. The Balaban J connectivity index is 1.96. The summed E-state index contributed by atoms with van der Waals surface area (Å²) in [7, 11) is 0. The van der Waals surface area contributed by atoms with E-state index in [2.05, 4.69) is 16.7 Å². The summed E-state index contributed by atoms with van der Waals surface area (Å²) in [5, 5.41) is 0.888. The third-order valence-electron chi connectivity index (χ3n) is 4.41. The molecule has 3 aromatic rings. The van der Waals surface area contributed by atoms with Crippen molar-refractivity contribution in [2.24, 2.45) is 0 Å². The minimum Gasteiger partial charge on any atom is -0.333 e. The van der Waals surface area contributed by atoms with E-state index in [9.17, 15) is 9.18 Å². The van der Waals surface area contributed by atoms with Gasteiger partial charge in [0, 0.05) is 23.9 Å². The highest BCUT2D eigenvalue weighted by atomic mass is 19.1. The summed E-state index contributed by atoms with van der Waals surface area (Å²) in [5.74, 6) is -0.0704. The SMILES string of the molecule is O=C1CCCc2c1n(Cc1ccccc1)c1ccc(F)cc21. The molecule has 0 amide bonds. The minimum absolute atomic E-state index is 0.175. The molecule has 1 aliphatic rings. The maximum absolute atomic E-state index is 13.6. The summed E-state index contributed by atoms with van der Waals surface area (Å²) in [5.41, 5.74) is 3.88. The highest BCUT2D eigenvalue weighted by molar-refractivity contribution is 6.04. The number of aryl methyl sites for hydroxylation is 1. The second-order valence-corrected chi connectivity index (χ2v) is 5.84. The van der Waals surface area contributed by atoms with Crippen molar-refractivity contribution < 1.29 is 9.18 Å². The van der Waals surface area contributed by atoms with Gasteiger partial charge in [-0.25, -0.2) is 4.39 Å². The topological polar surface area (TPSA) is 22.0 Å². The molecule has 4 rings (SSSR count). The molecule has 0 aliphatic heterocycles. The molecule has 1 heterocycles. The van der Waals surface area contributed by atoms with Crippen LogP contribution in [0, 0.1) is 5.82 Å². The zero-order valence-electron chi connectivity index (χ0n) is 12.2. The third kappa shape index (κ3) is 2.05. The summed E-state index contributed by atoms with van der Waals surface area (Å²) in [6, 6.07) is 14.9. The van der Waals surface area contributed by atoms with Gasteiger partial charge < -0.3 is 4.57 Å². The van der Waals surface area contributed by atoms with Gasteiger partial charge in [-0.1, -0.05) is 30.3 Å². The van der Waals surface area contributed by atoms with E-state index in [1.54, 1.807) is 12.1 Å². The summed E-state index contributed by atoms with van der Waals surface area (Å²) in [6.07, 6.45) is 2.29. The van der Waals surface area contributed by atoms with E-state index < -0.39 is 0 Å². The van der Waals surface area contributed by atoms with Gasteiger partial charge >= 0.3 is 0 Å². The second-order valence-electron chi connectivity index (χ2n) is 5.84. The van der Waals surface area contributed by atoms with E-state index in [0.29, 0.717) is 13.0 Å². The average molecular weight is 293 g/mol. The molecule has 0 saturated carbocycles. The molecule has 1 aliphatic carbocycles. The molecule has 0 saturated heterocycles.